The first-order chi connectivity index (χ1) is 8.66. The van der Waals surface area contributed by atoms with Gasteiger partial charge in [-0.25, -0.2) is 0 Å². The Kier molecular flexibility index (Phi) is 4.74. The number of aryl methyl sites for hydroxylation is 1. The maximum absolute atomic E-state index is 5.96. The molecule has 1 heterocycles. The molecule has 0 atom stereocenters. The van der Waals surface area contributed by atoms with Crippen molar-refractivity contribution in [2.45, 2.75) is 13.0 Å². The van der Waals surface area contributed by atoms with Gasteiger partial charge in [0.05, 0.1) is 0 Å². The summed E-state index contributed by atoms with van der Waals surface area (Å²) in [5.41, 5.74) is 1.15. The molecule has 0 bridgehead atoms. The molecule has 0 aliphatic carbocycles. The van der Waals surface area contributed by atoms with Crippen LogP contribution in [0.1, 0.15) is 11.4 Å². The van der Waals surface area contributed by atoms with Gasteiger partial charge in [-0.1, -0.05) is 27.5 Å². The fraction of sp³-hybridized carbons (Fsp3) is 0.333. The molecule has 0 fully saturated rings. The first-order valence-electron chi connectivity index (χ1n) is 5.64. The van der Waals surface area contributed by atoms with Gasteiger partial charge in [-0.2, -0.15) is 0 Å². The normalized spacial score (nSPS) is 10.8. The van der Waals surface area contributed by atoms with Crippen molar-refractivity contribution in [3.63, 3.8) is 0 Å². The quantitative estimate of drug-likeness (QED) is 0.857. The van der Waals surface area contributed by atoms with Crippen molar-refractivity contribution >= 4 is 27.5 Å². The van der Waals surface area contributed by atoms with Crippen LogP contribution in [0.3, 0.4) is 0 Å². The van der Waals surface area contributed by atoms with E-state index in [1.54, 1.807) is 6.33 Å². The van der Waals surface area contributed by atoms with E-state index in [4.69, 9.17) is 11.6 Å². The molecule has 0 amide bonds. The van der Waals surface area contributed by atoms with Gasteiger partial charge in [0.15, 0.2) is 0 Å². The van der Waals surface area contributed by atoms with E-state index in [9.17, 15) is 0 Å². The highest BCUT2D eigenvalue weighted by Gasteiger charge is 2.02. The Balaban J connectivity index is 1.82. The van der Waals surface area contributed by atoms with E-state index in [1.165, 1.54) is 0 Å². The molecule has 18 heavy (non-hydrogen) atoms. The van der Waals surface area contributed by atoms with E-state index >= 15 is 0 Å². The second-order valence-corrected chi connectivity index (χ2v) is 5.31. The molecule has 0 aliphatic heterocycles. The molecule has 96 valence electrons. The average Bonchev–Trinajstić information content (AvgIpc) is 2.75. The molecule has 2 rings (SSSR count). The number of aromatic nitrogens is 3. The molecule has 2 aromatic rings. The van der Waals surface area contributed by atoms with Crippen LogP contribution in [-0.2, 0) is 20.0 Å². The summed E-state index contributed by atoms with van der Waals surface area (Å²) in [7, 11) is 1.95. The fourth-order valence-electron chi connectivity index (χ4n) is 1.64. The van der Waals surface area contributed by atoms with Crippen LogP contribution in [0.5, 0.6) is 0 Å². The summed E-state index contributed by atoms with van der Waals surface area (Å²) in [6.07, 6.45) is 2.57. The van der Waals surface area contributed by atoms with Gasteiger partial charge in [-0.05, 0) is 23.8 Å². The molecule has 0 saturated carbocycles. The maximum Gasteiger partial charge on any atom is 0.133 e. The lowest BCUT2D eigenvalue weighted by Crippen LogP contribution is -2.18. The van der Waals surface area contributed by atoms with Crippen LogP contribution >= 0.6 is 27.5 Å². The summed E-state index contributed by atoms with van der Waals surface area (Å²) in [4.78, 5) is 0. The topological polar surface area (TPSA) is 42.7 Å². The largest absolute Gasteiger partial charge is 0.321 e. The summed E-state index contributed by atoms with van der Waals surface area (Å²) >= 11 is 9.47. The molecule has 4 nitrogen and oxygen atoms in total. The van der Waals surface area contributed by atoms with E-state index in [2.05, 4.69) is 31.4 Å². The lowest BCUT2D eigenvalue weighted by molar-refractivity contribution is 0.653. The average molecular weight is 330 g/mol. The minimum Gasteiger partial charge on any atom is -0.321 e. The smallest absolute Gasteiger partial charge is 0.133 e. The first-order valence-corrected chi connectivity index (χ1v) is 6.81. The van der Waals surface area contributed by atoms with Gasteiger partial charge in [-0.3, -0.25) is 0 Å². The van der Waals surface area contributed by atoms with E-state index in [1.807, 2.05) is 29.8 Å². The number of hydrogen-bond donors (Lipinski definition) is 1. The molecule has 1 aromatic heterocycles. The summed E-state index contributed by atoms with van der Waals surface area (Å²) < 4.78 is 3.00. The number of nitrogens with one attached hydrogen (secondary N) is 1. The summed E-state index contributed by atoms with van der Waals surface area (Å²) in [6.45, 7) is 1.63. The number of hydrogen-bond acceptors (Lipinski definition) is 3. The maximum atomic E-state index is 5.96. The molecule has 6 heteroatoms. The second-order valence-electron chi connectivity index (χ2n) is 4.02. The van der Waals surface area contributed by atoms with E-state index in [0.29, 0.717) is 0 Å². The summed E-state index contributed by atoms with van der Waals surface area (Å²) in [5, 5.41) is 12.0. The van der Waals surface area contributed by atoms with Crippen molar-refractivity contribution in [1.29, 1.82) is 0 Å². The minimum absolute atomic E-state index is 0.753. The molecular weight excluding hydrogens is 316 g/mol. The standard InChI is InChI=1S/C12H14BrClN4/c1-18-8-16-17-12(18)4-5-15-7-9-6-10(14)2-3-11(9)13/h2-3,6,8,15H,4-5,7H2,1H3. The van der Waals surface area contributed by atoms with E-state index < -0.39 is 0 Å². The number of benzene rings is 1. The van der Waals surface area contributed by atoms with Crippen LogP contribution in [0.15, 0.2) is 29.0 Å². The Morgan fingerprint density at radius 3 is 3.00 bits per heavy atom. The summed E-state index contributed by atoms with van der Waals surface area (Å²) in [6, 6.07) is 5.79. The Morgan fingerprint density at radius 2 is 2.28 bits per heavy atom. The third-order valence-corrected chi connectivity index (χ3v) is 3.66. The predicted molar refractivity (Wildman–Crippen MR) is 75.6 cm³/mol. The van der Waals surface area contributed by atoms with Crippen LogP contribution < -0.4 is 5.32 Å². The highest BCUT2D eigenvalue weighted by molar-refractivity contribution is 9.10. The molecule has 0 aliphatic rings. The highest BCUT2D eigenvalue weighted by atomic mass is 79.9. The van der Waals surface area contributed by atoms with Gasteiger partial charge < -0.3 is 9.88 Å². The first kappa shape index (κ1) is 13.5. The van der Waals surface area contributed by atoms with Crippen molar-refractivity contribution in [1.82, 2.24) is 20.1 Å². The van der Waals surface area contributed by atoms with E-state index in [-0.39, 0.29) is 0 Å². The van der Waals surface area contributed by atoms with Crippen molar-refractivity contribution in [3.8, 4) is 0 Å². The van der Waals surface area contributed by atoms with Gasteiger partial charge in [-0.15, -0.1) is 10.2 Å². The Morgan fingerprint density at radius 1 is 1.44 bits per heavy atom. The Labute approximate surface area is 119 Å². The monoisotopic (exact) mass is 328 g/mol. The van der Waals surface area contributed by atoms with Crippen LogP contribution in [0.25, 0.3) is 0 Å². The van der Waals surface area contributed by atoms with Crippen LogP contribution in [-0.4, -0.2) is 21.3 Å². The van der Waals surface area contributed by atoms with Crippen LogP contribution in [0.2, 0.25) is 5.02 Å². The SMILES string of the molecule is Cn1cnnc1CCNCc1cc(Cl)ccc1Br. The van der Waals surface area contributed by atoms with Crippen molar-refractivity contribution in [2.24, 2.45) is 7.05 Å². The zero-order valence-electron chi connectivity index (χ0n) is 10.0. The van der Waals surface area contributed by atoms with Crippen molar-refractivity contribution in [3.05, 3.63) is 45.4 Å². The molecule has 0 unspecified atom stereocenters. The summed E-state index contributed by atoms with van der Waals surface area (Å²) in [5.74, 6) is 0.979. The van der Waals surface area contributed by atoms with Crippen LogP contribution in [0.4, 0.5) is 0 Å². The van der Waals surface area contributed by atoms with Crippen molar-refractivity contribution in [2.75, 3.05) is 6.54 Å². The molecule has 0 saturated heterocycles. The van der Waals surface area contributed by atoms with Gasteiger partial charge in [0, 0.05) is 36.1 Å². The lowest BCUT2D eigenvalue weighted by Gasteiger charge is -2.07. The van der Waals surface area contributed by atoms with E-state index in [0.717, 1.165) is 40.4 Å². The zero-order valence-corrected chi connectivity index (χ0v) is 12.4. The second kappa shape index (κ2) is 6.31. The third-order valence-electron chi connectivity index (χ3n) is 2.65. The molecule has 0 radical (unpaired) electrons. The van der Waals surface area contributed by atoms with Gasteiger partial charge >= 0.3 is 0 Å². The fourth-order valence-corrected chi connectivity index (χ4v) is 2.22. The highest BCUT2D eigenvalue weighted by Crippen LogP contribution is 2.20. The van der Waals surface area contributed by atoms with Gasteiger partial charge in [0.1, 0.15) is 12.2 Å². The number of halogens is 2. The number of nitrogens with zero attached hydrogens (tertiary/aromatic N) is 3. The third kappa shape index (κ3) is 3.54. The number of rotatable bonds is 5. The minimum atomic E-state index is 0.753. The molecular formula is C12H14BrClN4. The van der Waals surface area contributed by atoms with Crippen LogP contribution in [0, 0.1) is 0 Å². The predicted octanol–water partition coefficient (Wildman–Crippen LogP) is 2.56. The zero-order chi connectivity index (χ0) is 13.0. The molecule has 1 N–H and O–H groups in total. The van der Waals surface area contributed by atoms with Gasteiger partial charge in [0.25, 0.3) is 0 Å². The molecule has 1 aromatic carbocycles. The Bertz CT molecular complexity index is 527. The van der Waals surface area contributed by atoms with Gasteiger partial charge in [0.2, 0.25) is 0 Å². The molecule has 0 spiro atoms. The van der Waals surface area contributed by atoms with Crippen molar-refractivity contribution < 1.29 is 0 Å². The lowest BCUT2D eigenvalue weighted by atomic mass is 10.2. The Hall–Kier alpha value is -0.910.